The average Bonchev–Trinajstić information content (AvgIpc) is 3.45. The van der Waals surface area contributed by atoms with E-state index in [0.29, 0.717) is 92.8 Å². The van der Waals surface area contributed by atoms with Crippen LogP contribution in [-0.2, 0) is 31.6 Å². The highest BCUT2D eigenvalue weighted by molar-refractivity contribution is 7.86. The Morgan fingerprint density at radius 2 is 1.57 bits per heavy atom. The molecule has 0 saturated heterocycles. The summed E-state index contributed by atoms with van der Waals surface area (Å²) in [4.78, 5) is 17.8. The molecule has 15 heteroatoms. The van der Waals surface area contributed by atoms with Gasteiger partial charge in [-0.15, -0.1) is 0 Å². The third-order valence-corrected chi connectivity index (χ3v) is 11.4. The molecule has 1 aromatic heterocycles. The predicted octanol–water partition coefficient (Wildman–Crippen LogP) is 2.88. The number of rotatable bonds is 11. The number of nitrogens with zero attached hydrogens (tertiary/aromatic N) is 4. The van der Waals surface area contributed by atoms with E-state index in [1.54, 1.807) is 18.3 Å². The molecule has 13 nitrogen and oxygen atoms in total. The van der Waals surface area contributed by atoms with Crippen molar-refractivity contribution < 1.29 is 40.6 Å². The first-order valence-electron chi connectivity index (χ1n) is 16.6. The van der Waals surface area contributed by atoms with Crippen LogP contribution >= 0.6 is 0 Å². The van der Waals surface area contributed by atoms with Crippen molar-refractivity contribution in [1.29, 1.82) is 0 Å². The predicted molar refractivity (Wildman–Crippen MR) is 191 cm³/mol. The summed E-state index contributed by atoms with van der Waals surface area (Å²) in [6.45, 7) is 8.21. The number of carboxylic acids is 1. The van der Waals surface area contributed by atoms with Crippen molar-refractivity contribution in [2.24, 2.45) is 0 Å². The largest absolute Gasteiger partial charge is 0.748 e. The number of fused-ring (bicyclic) bond motifs is 4. The molecule has 0 aliphatic carbocycles. The van der Waals surface area contributed by atoms with E-state index in [1.807, 2.05) is 86.3 Å². The summed E-state index contributed by atoms with van der Waals surface area (Å²) in [5.74, 6) is -0.775. The SMILES string of the molecule is CN1c2cc3c(cc2C(CS(=O)(=O)[O-])=CC1(C)C)C(c1nccn1CCCCCC(=O)O)=c1cc2c(cc1O3)=[N+](C)C(C)(C)C=C2CS(=O)(=O)[O-]. The fourth-order valence-electron chi connectivity index (χ4n) is 7.17. The molecule has 3 aliphatic rings. The van der Waals surface area contributed by atoms with E-state index in [2.05, 4.69) is 0 Å². The molecule has 0 bridgehead atoms. The van der Waals surface area contributed by atoms with Gasteiger partial charge in [-0.1, -0.05) is 12.5 Å². The van der Waals surface area contributed by atoms with Crippen molar-refractivity contribution in [3.63, 3.8) is 0 Å². The first-order valence-corrected chi connectivity index (χ1v) is 19.7. The summed E-state index contributed by atoms with van der Waals surface area (Å²) in [5, 5.41) is 10.3. The fraction of sp³-hybridized carbons (Fsp3) is 0.417. The molecule has 0 spiro atoms. The van der Waals surface area contributed by atoms with Crippen molar-refractivity contribution in [2.75, 3.05) is 30.5 Å². The first kappa shape index (κ1) is 36.5. The van der Waals surface area contributed by atoms with Crippen LogP contribution < -0.4 is 24.8 Å². The maximum atomic E-state index is 12.1. The second-order valence-corrected chi connectivity index (χ2v) is 17.3. The minimum absolute atomic E-state index is 0.0723. The molecular weight excluding hydrogens is 697 g/mol. The number of aryl methyl sites for hydroxylation is 1. The van der Waals surface area contributed by atoms with Crippen molar-refractivity contribution in [1.82, 2.24) is 14.1 Å². The maximum Gasteiger partial charge on any atom is 0.303 e. The second kappa shape index (κ2) is 12.7. The van der Waals surface area contributed by atoms with Crippen LogP contribution in [0.3, 0.4) is 0 Å². The zero-order chi connectivity index (χ0) is 37.3. The minimum atomic E-state index is -4.65. The molecule has 0 radical (unpaired) electrons. The number of hydrogen-bond donors (Lipinski definition) is 1. The maximum absolute atomic E-state index is 12.1. The third-order valence-electron chi connectivity index (χ3n) is 10.0. The highest BCUT2D eigenvalue weighted by Gasteiger charge is 2.36. The zero-order valence-corrected chi connectivity index (χ0v) is 31.0. The van der Waals surface area contributed by atoms with E-state index in [1.165, 1.54) is 0 Å². The molecule has 4 heterocycles. The van der Waals surface area contributed by atoms with Gasteiger partial charge in [0.1, 0.15) is 24.4 Å². The molecule has 272 valence electrons. The molecule has 51 heavy (non-hydrogen) atoms. The fourth-order valence-corrected chi connectivity index (χ4v) is 8.41. The highest BCUT2D eigenvalue weighted by Crippen LogP contribution is 2.46. The van der Waals surface area contributed by atoms with Gasteiger partial charge in [-0.3, -0.25) is 4.79 Å². The van der Waals surface area contributed by atoms with Gasteiger partial charge in [0.15, 0.2) is 5.54 Å². The Balaban J connectivity index is 1.64. The van der Waals surface area contributed by atoms with Gasteiger partial charge in [0.05, 0.1) is 48.9 Å². The number of ether oxygens (including phenoxy) is 1. The van der Waals surface area contributed by atoms with Gasteiger partial charge in [-0.05, 0) is 56.0 Å². The van der Waals surface area contributed by atoms with Gasteiger partial charge < -0.3 is 28.4 Å². The first-order chi connectivity index (χ1) is 23.6. The van der Waals surface area contributed by atoms with E-state index in [0.717, 1.165) is 0 Å². The van der Waals surface area contributed by atoms with Gasteiger partial charge in [0, 0.05) is 79.9 Å². The smallest absolute Gasteiger partial charge is 0.303 e. The van der Waals surface area contributed by atoms with Gasteiger partial charge in [-0.25, -0.2) is 26.4 Å². The number of unbranched alkanes of at least 4 members (excludes halogenated alkanes) is 2. The lowest BCUT2D eigenvalue weighted by Crippen LogP contribution is -2.47. The van der Waals surface area contributed by atoms with E-state index >= 15 is 0 Å². The molecule has 6 rings (SSSR count). The van der Waals surface area contributed by atoms with E-state index < -0.39 is 48.8 Å². The zero-order valence-electron chi connectivity index (χ0n) is 29.4. The molecule has 0 fully saturated rings. The number of aromatic nitrogens is 2. The van der Waals surface area contributed by atoms with Crippen LogP contribution in [-0.4, -0.2) is 83.2 Å². The number of likely N-dealkylation sites (N-methyl/N-ethyl adjacent to an activating group) is 2. The molecule has 0 unspecified atom stereocenters. The molecule has 1 N–H and O–H groups in total. The van der Waals surface area contributed by atoms with Gasteiger partial charge in [0.2, 0.25) is 5.36 Å². The van der Waals surface area contributed by atoms with Gasteiger partial charge >= 0.3 is 5.97 Å². The number of aliphatic carboxylic acids is 1. The quantitative estimate of drug-likeness (QED) is 0.136. The molecular formula is C36H41N4O9S2-. The minimum Gasteiger partial charge on any atom is -0.748 e. The topological polar surface area (TPSA) is 185 Å². The Morgan fingerprint density at radius 1 is 0.902 bits per heavy atom. The number of hydrogen-bond acceptors (Lipinski definition) is 10. The molecule has 2 aromatic carbocycles. The average molecular weight is 738 g/mol. The third kappa shape index (κ3) is 7.25. The molecule has 0 saturated carbocycles. The normalized spacial score (nSPS) is 17.5. The van der Waals surface area contributed by atoms with Crippen molar-refractivity contribution in [3.8, 4) is 11.5 Å². The van der Waals surface area contributed by atoms with Crippen molar-refractivity contribution in [3.05, 3.63) is 81.9 Å². The number of anilines is 1. The number of carbonyl (C=O) groups is 1. The van der Waals surface area contributed by atoms with Crippen LogP contribution in [0.25, 0.3) is 16.7 Å². The number of benzene rings is 2. The summed E-state index contributed by atoms with van der Waals surface area (Å²) in [5.41, 5.74) is 2.43. The Morgan fingerprint density at radius 3 is 2.22 bits per heavy atom. The second-order valence-electron chi connectivity index (χ2n) is 14.5. The summed E-state index contributed by atoms with van der Waals surface area (Å²) in [6.07, 6.45) is 8.99. The Hall–Kier alpha value is -4.31. The monoisotopic (exact) mass is 737 g/mol. The molecule has 3 aromatic rings. The number of carboxylic acid groups (broad SMARTS) is 1. The van der Waals surface area contributed by atoms with E-state index in [9.17, 15) is 30.7 Å². The standard InChI is InChI=1S/C36H42N4O9S2/c1-35(2)18-22(20-50(43,44)45)24-14-26-30(16-28(24)38(35)5)49-31-17-29-25(23(21-51(46,47)48)19-36(3,4)39(29)6)15-27(31)33(26)34-37-11-13-40(34)12-9-7-8-10-32(41)42/h11,13-19H,7-10,12,20-21H2,1-6H3,(H2-,41,42,43,44,45,46,47,48)/p-1. The summed E-state index contributed by atoms with van der Waals surface area (Å²) < 4.78 is 83.3. The van der Waals surface area contributed by atoms with Crippen molar-refractivity contribution in [2.45, 2.75) is 71.0 Å². The Bertz CT molecular complexity index is 2390. The van der Waals surface area contributed by atoms with Crippen molar-refractivity contribution >= 4 is 48.6 Å². The Labute approximate surface area is 297 Å². The van der Waals surface area contributed by atoms with Crippen LogP contribution in [0.1, 0.15) is 75.9 Å². The van der Waals surface area contributed by atoms with E-state index in [-0.39, 0.29) is 6.42 Å². The summed E-state index contributed by atoms with van der Waals surface area (Å²) in [7, 11) is -5.53. The lowest BCUT2D eigenvalue weighted by Gasteiger charge is -2.42. The number of imidazole rings is 1. The van der Waals surface area contributed by atoms with Crippen LogP contribution in [0.4, 0.5) is 5.69 Å². The van der Waals surface area contributed by atoms with Gasteiger partial charge in [-0.2, -0.15) is 0 Å². The van der Waals surface area contributed by atoms with Crippen LogP contribution in [0.15, 0.2) is 48.8 Å². The van der Waals surface area contributed by atoms with E-state index in [4.69, 9.17) is 14.8 Å². The highest BCUT2D eigenvalue weighted by atomic mass is 32.2. The summed E-state index contributed by atoms with van der Waals surface area (Å²) >= 11 is 0. The lowest BCUT2D eigenvalue weighted by molar-refractivity contribution is -0.137. The van der Waals surface area contributed by atoms with Crippen LogP contribution in [0, 0.1) is 0 Å². The summed E-state index contributed by atoms with van der Waals surface area (Å²) in [6, 6.07) is 7.29. The lowest BCUT2D eigenvalue weighted by atomic mass is 9.85. The molecule has 0 atom stereocenters. The Kier molecular flexibility index (Phi) is 9.10. The molecule has 0 amide bonds. The van der Waals surface area contributed by atoms with Crippen LogP contribution in [0.2, 0.25) is 0 Å². The molecule has 3 aliphatic heterocycles. The van der Waals surface area contributed by atoms with Crippen LogP contribution in [0.5, 0.6) is 11.5 Å². The van der Waals surface area contributed by atoms with Gasteiger partial charge in [0.25, 0.3) is 0 Å².